The Hall–Kier alpha value is -2.15. The molecule has 2 aliphatic rings. The largest absolute Gasteiger partial charge is 0.351 e. The van der Waals surface area contributed by atoms with Crippen LogP contribution in [-0.4, -0.2) is 46.8 Å². The average Bonchev–Trinajstić information content (AvgIpc) is 2.96. The Balaban J connectivity index is 1.41. The van der Waals surface area contributed by atoms with E-state index in [1.165, 1.54) is 4.90 Å². The zero-order chi connectivity index (χ0) is 18.7. The maximum atomic E-state index is 13.5. The number of carbonyl (C=O) groups is 2. The topological polar surface area (TPSA) is 65.2 Å². The molecule has 4 rings (SSSR count). The highest BCUT2D eigenvalue weighted by molar-refractivity contribution is 6.31. The van der Waals surface area contributed by atoms with Gasteiger partial charge in [0, 0.05) is 35.4 Å². The van der Waals surface area contributed by atoms with E-state index >= 15 is 0 Å². The van der Waals surface area contributed by atoms with Gasteiger partial charge >= 0.3 is 0 Å². The molecule has 1 spiro atoms. The van der Waals surface area contributed by atoms with Crippen molar-refractivity contribution in [3.05, 3.63) is 35.0 Å². The van der Waals surface area contributed by atoms with Gasteiger partial charge in [-0.15, -0.1) is 0 Å². The van der Waals surface area contributed by atoms with Crippen molar-refractivity contribution in [3.8, 4) is 0 Å². The van der Waals surface area contributed by atoms with Crippen LogP contribution in [0, 0.1) is 5.41 Å². The van der Waals surface area contributed by atoms with Crippen molar-refractivity contribution in [2.75, 3.05) is 13.1 Å². The summed E-state index contributed by atoms with van der Waals surface area (Å²) in [5.74, 6) is -3.43. The first kappa shape index (κ1) is 17.3. The van der Waals surface area contributed by atoms with Crippen LogP contribution < -0.4 is 5.32 Å². The van der Waals surface area contributed by atoms with Crippen LogP contribution in [0.4, 0.5) is 8.78 Å². The van der Waals surface area contributed by atoms with Gasteiger partial charge in [0.15, 0.2) is 0 Å². The second-order valence-electron chi connectivity index (χ2n) is 7.28. The summed E-state index contributed by atoms with van der Waals surface area (Å²) in [7, 11) is 0. The van der Waals surface area contributed by atoms with Gasteiger partial charge in [-0.2, -0.15) is 0 Å². The number of benzene rings is 1. The molecule has 2 aromatic rings. The minimum absolute atomic E-state index is 0.0595. The Morgan fingerprint density at radius 3 is 2.73 bits per heavy atom. The summed E-state index contributed by atoms with van der Waals surface area (Å²) in [6, 6.07) is 6.08. The molecule has 138 valence electrons. The molecular formula is C18H18ClF2N3O2. The van der Waals surface area contributed by atoms with E-state index in [1.807, 2.05) is 0 Å². The molecule has 1 aromatic carbocycles. The molecule has 2 atom stereocenters. The molecule has 1 saturated heterocycles. The van der Waals surface area contributed by atoms with Gasteiger partial charge < -0.3 is 15.2 Å². The van der Waals surface area contributed by atoms with Crippen molar-refractivity contribution in [2.24, 2.45) is 5.41 Å². The number of nitrogens with one attached hydrogen (secondary N) is 2. The van der Waals surface area contributed by atoms with Crippen molar-refractivity contribution in [1.29, 1.82) is 0 Å². The first-order chi connectivity index (χ1) is 12.2. The fourth-order valence-electron chi connectivity index (χ4n) is 3.72. The maximum absolute atomic E-state index is 13.5. The normalized spacial score (nSPS) is 24.8. The molecule has 26 heavy (non-hydrogen) atoms. The Kier molecular flexibility index (Phi) is 3.77. The summed E-state index contributed by atoms with van der Waals surface area (Å²) in [5.41, 5.74) is 0.0348. The predicted molar refractivity (Wildman–Crippen MR) is 93.4 cm³/mol. The number of hydrogen-bond donors (Lipinski definition) is 2. The zero-order valence-corrected chi connectivity index (χ0v) is 14.9. The first-order valence-corrected chi connectivity index (χ1v) is 8.84. The lowest BCUT2D eigenvalue weighted by molar-refractivity contribution is -0.132. The minimum Gasteiger partial charge on any atom is -0.351 e. The number of likely N-dealkylation sites (tertiary alicyclic amines) is 1. The molecule has 1 aromatic heterocycles. The molecule has 2 N–H and O–H groups in total. The molecule has 1 aliphatic heterocycles. The number of aromatic nitrogens is 1. The second-order valence-corrected chi connectivity index (χ2v) is 7.72. The van der Waals surface area contributed by atoms with Gasteiger partial charge in [0.2, 0.25) is 5.91 Å². The lowest BCUT2D eigenvalue weighted by Crippen LogP contribution is -2.46. The standard InChI is InChI=1S/C18H18ClF2N3O2/c1-10(16(26)24-5-4-17(9-24)8-18(17,20)21)22-15(25)14-7-11-6-12(19)2-3-13(11)23-14/h2-3,6-7,10,23H,4-5,8-9H2,1H3,(H,22,25)/t10-,17-/m1/s1. The lowest BCUT2D eigenvalue weighted by atomic mass is 10.1. The van der Waals surface area contributed by atoms with Crippen molar-refractivity contribution >= 4 is 34.3 Å². The van der Waals surface area contributed by atoms with Gasteiger partial charge in [-0.05, 0) is 37.6 Å². The number of halogens is 3. The van der Waals surface area contributed by atoms with E-state index in [4.69, 9.17) is 11.6 Å². The average molecular weight is 382 g/mol. The van der Waals surface area contributed by atoms with E-state index in [0.717, 1.165) is 10.9 Å². The SMILES string of the molecule is C[C@@H](NC(=O)c1cc2cc(Cl)ccc2[nH]1)C(=O)N1CC[C@]2(C1)CC2(F)F. The van der Waals surface area contributed by atoms with Crippen LogP contribution >= 0.6 is 11.6 Å². The van der Waals surface area contributed by atoms with E-state index < -0.39 is 23.3 Å². The number of fused-ring (bicyclic) bond motifs is 1. The molecule has 5 nitrogen and oxygen atoms in total. The van der Waals surface area contributed by atoms with E-state index in [-0.39, 0.29) is 18.9 Å². The zero-order valence-electron chi connectivity index (χ0n) is 14.1. The number of nitrogens with zero attached hydrogens (tertiary/aromatic N) is 1. The molecular weight excluding hydrogens is 364 g/mol. The fraction of sp³-hybridized carbons (Fsp3) is 0.444. The predicted octanol–water partition coefficient (Wildman–Crippen LogP) is 3.20. The van der Waals surface area contributed by atoms with Gasteiger partial charge in [0.05, 0.1) is 5.41 Å². The van der Waals surface area contributed by atoms with Gasteiger partial charge in [0.25, 0.3) is 11.8 Å². The number of H-pyrrole nitrogens is 1. The van der Waals surface area contributed by atoms with Crippen molar-refractivity contribution < 1.29 is 18.4 Å². The Morgan fingerprint density at radius 2 is 2.08 bits per heavy atom. The summed E-state index contributed by atoms with van der Waals surface area (Å²) in [6.07, 6.45) is 0.164. The Morgan fingerprint density at radius 1 is 1.35 bits per heavy atom. The molecule has 8 heteroatoms. The highest BCUT2D eigenvalue weighted by Gasteiger charge is 2.73. The van der Waals surface area contributed by atoms with Gasteiger partial charge in [-0.1, -0.05) is 11.6 Å². The maximum Gasteiger partial charge on any atom is 0.268 e. The van der Waals surface area contributed by atoms with Crippen LogP contribution in [0.2, 0.25) is 5.02 Å². The van der Waals surface area contributed by atoms with E-state index in [2.05, 4.69) is 10.3 Å². The summed E-state index contributed by atoms with van der Waals surface area (Å²) in [6.45, 7) is 1.93. The lowest BCUT2D eigenvalue weighted by Gasteiger charge is -2.21. The third-order valence-electron chi connectivity index (χ3n) is 5.42. The highest BCUT2D eigenvalue weighted by Crippen LogP contribution is 2.65. The van der Waals surface area contributed by atoms with Gasteiger partial charge in [-0.3, -0.25) is 9.59 Å². The van der Waals surface area contributed by atoms with Crippen LogP contribution in [0.3, 0.4) is 0 Å². The van der Waals surface area contributed by atoms with Crippen molar-refractivity contribution in [3.63, 3.8) is 0 Å². The van der Waals surface area contributed by atoms with Crippen LogP contribution in [0.1, 0.15) is 30.3 Å². The number of rotatable bonds is 3. The Bertz CT molecular complexity index is 913. The third-order valence-corrected chi connectivity index (χ3v) is 5.66. The van der Waals surface area contributed by atoms with Crippen LogP contribution in [0.5, 0.6) is 0 Å². The summed E-state index contributed by atoms with van der Waals surface area (Å²) in [4.78, 5) is 29.3. The number of carbonyl (C=O) groups excluding carboxylic acids is 2. The fourth-order valence-corrected chi connectivity index (χ4v) is 3.90. The summed E-state index contributed by atoms with van der Waals surface area (Å²) < 4.78 is 26.9. The van der Waals surface area contributed by atoms with Crippen LogP contribution in [-0.2, 0) is 4.79 Å². The number of alkyl halides is 2. The molecule has 2 amide bonds. The first-order valence-electron chi connectivity index (χ1n) is 8.47. The van der Waals surface area contributed by atoms with Gasteiger partial charge in [0.1, 0.15) is 11.7 Å². The monoisotopic (exact) mass is 381 g/mol. The number of amides is 2. The van der Waals surface area contributed by atoms with Crippen LogP contribution in [0.15, 0.2) is 24.3 Å². The Labute approximate surface area is 153 Å². The number of hydrogen-bond acceptors (Lipinski definition) is 2. The van der Waals surface area contributed by atoms with E-state index in [1.54, 1.807) is 31.2 Å². The summed E-state index contributed by atoms with van der Waals surface area (Å²) in [5, 5.41) is 3.99. The van der Waals surface area contributed by atoms with Gasteiger partial charge in [-0.25, -0.2) is 8.78 Å². The second kappa shape index (κ2) is 5.67. The number of aromatic amines is 1. The van der Waals surface area contributed by atoms with Crippen molar-refractivity contribution in [2.45, 2.75) is 31.7 Å². The van der Waals surface area contributed by atoms with Crippen molar-refractivity contribution in [1.82, 2.24) is 15.2 Å². The third kappa shape index (κ3) is 2.74. The molecule has 1 saturated carbocycles. The van der Waals surface area contributed by atoms with E-state index in [0.29, 0.717) is 23.7 Å². The molecule has 2 heterocycles. The molecule has 1 aliphatic carbocycles. The molecule has 2 fully saturated rings. The molecule has 0 bridgehead atoms. The molecule has 0 radical (unpaired) electrons. The smallest absolute Gasteiger partial charge is 0.268 e. The highest BCUT2D eigenvalue weighted by atomic mass is 35.5. The van der Waals surface area contributed by atoms with E-state index in [9.17, 15) is 18.4 Å². The van der Waals surface area contributed by atoms with Crippen LogP contribution in [0.25, 0.3) is 10.9 Å². The minimum atomic E-state index is -2.67. The quantitative estimate of drug-likeness (QED) is 0.857. The molecule has 0 unspecified atom stereocenters. The summed E-state index contributed by atoms with van der Waals surface area (Å²) >= 11 is 5.94.